The number of benzene rings is 1. The van der Waals surface area contributed by atoms with E-state index in [9.17, 15) is 14.0 Å². The number of nitrogens with zero attached hydrogens (tertiary/aromatic N) is 1. The predicted molar refractivity (Wildman–Crippen MR) is 77.8 cm³/mol. The number of nitrogens with one attached hydrogen (secondary N) is 1. The lowest BCUT2D eigenvalue weighted by Crippen LogP contribution is -2.26. The first kappa shape index (κ1) is 14.3. The Morgan fingerprint density at radius 2 is 2.10 bits per heavy atom. The van der Waals surface area contributed by atoms with Crippen molar-refractivity contribution in [2.75, 3.05) is 11.1 Å². The van der Waals surface area contributed by atoms with E-state index in [0.29, 0.717) is 10.2 Å². The van der Waals surface area contributed by atoms with Crippen LogP contribution in [0.1, 0.15) is 0 Å². The number of aromatic nitrogens is 1. The van der Waals surface area contributed by atoms with Crippen molar-refractivity contribution >= 4 is 33.2 Å². The van der Waals surface area contributed by atoms with Crippen molar-refractivity contribution in [3.8, 4) is 0 Å². The SMILES string of the molecule is Nc1cc(NC(=O)Cn2cc(Br)ccc2=O)ccc1F. The maximum atomic E-state index is 13.0. The smallest absolute Gasteiger partial charge is 0.251 e. The fourth-order valence-corrected chi connectivity index (χ4v) is 1.98. The molecule has 1 aromatic heterocycles. The second kappa shape index (κ2) is 5.87. The van der Waals surface area contributed by atoms with Crippen molar-refractivity contribution in [1.29, 1.82) is 0 Å². The molecule has 0 unspecified atom stereocenters. The number of hydrogen-bond acceptors (Lipinski definition) is 3. The molecule has 1 amide bonds. The van der Waals surface area contributed by atoms with Gasteiger partial charge in [0.2, 0.25) is 5.91 Å². The third-order valence-corrected chi connectivity index (χ3v) is 3.01. The summed E-state index contributed by atoms with van der Waals surface area (Å²) in [6.45, 7) is -0.143. The molecular weight excluding hydrogens is 329 g/mol. The highest BCUT2D eigenvalue weighted by molar-refractivity contribution is 9.10. The van der Waals surface area contributed by atoms with Crippen LogP contribution in [0.5, 0.6) is 0 Å². The van der Waals surface area contributed by atoms with Crippen LogP contribution in [0, 0.1) is 5.82 Å². The molecule has 0 radical (unpaired) electrons. The van der Waals surface area contributed by atoms with E-state index < -0.39 is 11.7 Å². The Morgan fingerprint density at radius 3 is 2.80 bits per heavy atom. The van der Waals surface area contributed by atoms with Crippen molar-refractivity contribution in [3.05, 3.63) is 57.2 Å². The van der Waals surface area contributed by atoms with Gasteiger partial charge in [0.05, 0.1) is 5.69 Å². The number of carbonyl (C=O) groups is 1. The van der Waals surface area contributed by atoms with E-state index in [1.807, 2.05) is 0 Å². The van der Waals surface area contributed by atoms with Gasteiger partial charge in [0.25, 0.3) is 5.56 Å². The van der Waals surface area contributed by atoms with Gasteiger partial charge in [0.1, 0.15) is 12.4 Å². The van der Waals surface area contributed by atoms with E-state index >= 15 is 0 Å². The second-order valence-electron chi connectivity index (χ2n) is 4.10. The Labute approximate surface area is 122 Å². The van der Waals surface area contributed by atoms with E-state index in [2.05, 4.69) is 21.2 Å². The third kappa shape index (κ3) is 3.45. The highest BCUT2D eigenvalue weighted by Gasteiger charge is 2.07. The number of nitrogen functional groups attached to an aromatic ring is 1. The van der Waals surface area contributed by atoms with Crippen molar-refractivity contribution < 1.29 is 9.18 Å². The molecule has 2 rings (SSSR count). The van der Waals surface area contributed by atoms with Crippen LogP contribution in [0.25, 0.3) is 0 Å². The van der Waals surface area contributed by atoms with Gasteiger partial charge in [-0.05, 0) is 40.2 Å². The summed E-state index contributed by atoms with van der Waals surface area (Å²) < 4.78 is 14.9. The van der Waals surface area contributed by atoms with Gasteiger partial charge < -0.3 is 15.6 Å². The first-order valence-corrected chi connectivity index (χ1v) is 6.46. The van der Waals surface area contributed by atoms with E-state index in [4.69, 9.17) is 5.73 Å². The minimum atomic E-state index is -0.550. The van der Waals surface area contributed by atoms with Crippen molar-refractivity contribution in [1.82, 2.24) is 4.57 Å². The summed E-state index contributed by atoms with van der Waals surface area (Å²) in [6, 6.07) is 6.82. The van der Waals surface area contributed by atoms with Crippen LogP contribution in [-0.4, -0.2) is 10.5 Å². The summed E-state index contributed by atoms with van der Waals surface area (Å²) in [5.41, 5.74) is 5.43. The number of carbonyl (C=O) groups excluding carboxylic acids is 1. The zero-order valence-electron chi connectivity index (χ0n) is 10.3. The zero-order chi connectivity index (χ0) is 14.7. The fraction of sp³-hybridized carbons (Fsp3) is 0.0769. The van der Waals surface area contributed by atoms with Gasteiger partial charge in [-0.25, -0.2) is 4.39 Å². The van der Waals surface area contributed by atoms with E-state index in [1.165, 1.54) is 29.0 Å². The quantitative estimate of drug-likeness (QED) is 0.839. The molecule has 1 aromatic carbocycles. The Hall–Kier alpha value is -2.15. The number of halogens is 2. The van der Waals surface area contributed by atoms with Crippen molar-refractivity contribution in [3.63, 3.8) is 0 Å². The van der Waals surface area contributed by atoms with Crippen LogP contribution in [0.3, 0.4) is 0 Å². The second-order valence-corrected chi connectivity index (χ2v) is 5.01. The highest BCUT2D eigenvalue weighted by atomic mass is 79.9. The molecule has 5 nitrogen and oxygen atoms in total. The number of amides is 1. The summed E-state index contributed by atoms with van der Waals surface area (Å²) in [5, 5.41) is 2.54. The van der Waals surface area contributed by atoms with Crippen molar-refractivity contribution in [2.24, 2.45) is 0 Å². The third-order valence-electron chi connectivity index (χ3n) is 2.54. The number of rotatable bonds is 3. The molecule has 0 aliphatic carbocycles. The van der Waals surface area contributed by atoms with Gasteiger partial charge in [-0.2, -0.15) is 0 Å². The summed E-state index contributed by atoms with van der Waals surface area (Å²) in [5.74, 6) is -0.956. The maximum Gasteiger partial charge on any atom is 0.251 e. The Balaban J connectivity index is 2.11. The van der Waals surface area contributed by atoms with Crippen LogP contribution >= 0.6 is 15.9 Å². The molecule has 1 heterocycles. The number of anilines is 2. The predicted octanol–water partition coefficient (Wildman–Crippen LogP) is 1.97. The first-order valence-electron chi connectivity index (χ1n) is 5.66. The van der Waals surface area contributed by atoms with Crippen LogP contribution < -0.4 is 16.6 Å². The Bertz CT molecular complexity index is 715. The molecule has 0 bridgehead atoms. The molecule has 7 heteroatoms. The van der Waals surface area contributed by atoms with E-state index in [-0.39, 0.29) is 17.8 Å². The van der Waals surface area contributed by atoms with E-state index in [1.54, 1.807) is 6.07 Å². The summed E-state index contributed by atoms with van der Waals surface area (Å²) in [7, 11) is 0. The van der Waals surface area contributed by atoms with Crippen LogP contribution in [0.4, 0.5) is 15.8 Å². The molecule has 104 valence electrons. The van der Waals surface area contributed by atoms with Gasteiger partial charge in [0, 0.05) is 22.4 Å². The van der Waals surface area contributed by atoms with Gasteiger partial charge in [-0.3, -0.25) is 9.59 Å². The molecule has 0 saturated heterocycles. The van der Waals surface area contributed by atoms with Crippen molar-refractivity contribution in [2.45, 2.75) is 6.54 Å². The molecule has 3 N–H and O–H groups in total. The minimum absolute atomic E-state index is 0.0533. The van der Waals surface area contributed by atoms with Crippen LogP contribution in [0.15, 0.2) is 45.8 Å². The van der Waals surface area contributed by atoms with Gasteiger partial charge in [-0.15, -0.1) is 0 Å². The molecular formula is C13H11BrFN3O2. The number of pyridine rings is 1. The average molecular weight is 340 g/mol. The zero-order valence-corrected chi connectivity index (χ0v) is 11.9. The molecule has 0 fully saturated rings. The number of hydrogen-bond donors (Lipinski definition) is 2. The normalized spacial score (nSPS) is 10.3. The lowest BCUT2D eigenvalue weighted by Gasteiger charge is -2.08. The Kier molecular flexibility index (Phi) is 4.19. The lowest BCUT2D eigenvalue weighted by atomic mass is 10.2. The fourth-order valence-electron chi connectivity index (χ4n) is 1.60. The van der Waals surface area contributed by atoms with Gasteiger partial charge in [-0.1, -0.05) is 0 Å². The largest absolute Gasteiger partial charge is 0.396 e. The summed E-state index contributed by atoms with van der Waals surface area (Å²) in [6.07, 6.45) is 1.51. The van der Waals surface area contributed by atoms with Gasteiger partial charge in [0.15, 0.2) is 0 Å². The first-order chi connectivity index (χ1) is 9.45. The molecule has 2 aromatic rings. The molecule has 0 spiro atoms. The Morgan fingerprint density at radius 1 is 1.35 bits per heavy atom. The summed E-state index contributed by atoms with van der Waals surface area (Å²) >= 11 is 3.22. The monoisotopic (exact) mass is 339 g/mol. The van der Waals surface area contributed by atoms with Crippen LogP contribution in [0.2, 0.25) is 0 Å². The topological polar surface area (TPSA) is 77.1 Å². The molecule has 0 aliphatic rings. The van der Waals surface area contributed by atoms with Gasteiger partial charge >= 0.3 is 0 Å². The van der Waals surface area contributed by atoms with E-state index in [0.717, 1.165) is 6.07 Å². The highest BCUT2D eigenvalue weighted by Crippen LogP contribution is 2.16. The standard InChI is InChI=1S/C13H11BrFN3O2/c14-8-1-4-13(20)18(6-8)7-12(19)17-9-2-3-10(15)11(16)5-9/h1-6H,7,16H2,(H,17,19). The average Bonchev–Trinajstić information content (AvgIpc) is 2.38. The molecule has 0 saturated carbocycles. The van der Waals surface area contributed by atoms with Crippen LogP contribution in [-0.2, 0) is 11.3 Å². The lowest BCUT2D eigenvalue weighted by molar-refractivity contribution is -0.116. The minimum Gasteiger partial charge on any atom is -0.396 e. The maximum absolute atomic E-state index is 13.0. The molecule has 0 aliphatic heterocycles. The molecule has 0 atom stereocenters. The summed E-state index contributed by atoms with van der Waals surface area (Å²) in [4.78, 5) is 23.4. The molecule has 20 heavy (non-hydrogen) atoms. The number of nitrogens with two attached hydrogens (primary N) is 1.